The number of aliphatic hydroxyl groups is 1. The summed E-state index contributed by atoms with van der Waals surface area (Å²) >= 11 is 0. The maximum atomic E-state index is 10.5. The first-order valence-electron chi connectivity index (χ1n) is 5.18. The molecule has 0 fully saturated rings. The van der Waals surface area contributed by atoms with E-state index in [1.54, 1.807) is 31.2 Å². The molecule has 2 aromatic rings. The molecule has 0 spiro atoms. The zero-order chi connectivity index (χ0) is 11.6. The fourth-order valence-electron chi connectivity index (χ4n) is 1.72. The van der Waals surface area contributed by atoms with Crippen LogP contribution < -0.4 is 0 Å². The molecular weight excluding hydrogens is 200 g/mol. The van der Waals surface area contributed by atoms with Crippen LogP contribution >= 0.6 is 0 Å². The molecule has 0 heterocycles. The summed E-state index contributed by atoms with van der Waals surface area (Å²) in [5.41, 5.74) is 0.562. The Balaban J connectivity index is 2.43. The molecule has 0 radical (unpaired) electrons. The standard InChI is InChI=1S/C14H14O2/c1-14(16,11-5-3-2-4-6-11)12-7-9-13(15)10-8-12/h2-10,15-16H,1H3. The van der Waals surface area contributed by atoms with Crippen molar-refractivity contribution in [2.24, 2.45) is 0 Å². The molecule has 82 valence electrons. The Labute approximate surface area is 94.8 Å². The summed E-state index contributed by atoms with van der Waals surface area (Å²) in [5, 5.41) is 19.7. The van der Waals surface area contributed by atoms with Crippen molar-refractivity contribution >= 4 is 0 Å². The molecular formula is C14H14O2. The van der Waals surface area contributed by atoms with Gasteiger partial charge >= 0.3 is 0 Å². The van der Waals surface area contributed by atoms with E-state index in [2.05, 4.69) is 0 Å². The minimum absolute atomic E-state index is 0.201. The van der Waals surface area contributed by atoms with E-state index in [0.29, 0.717) is 0 Å². The van der Waals surface area contributed by atoms with E-state index in [4.69, 9.17) is 0 Å². The van der Waals surface area contributed by atoms with Crippen LogP contribution in [-0.4, -0.2) is 10.2 Å². The summed E-state index contributed by atoms with van der Waals surface area (Å²) in [6.07, 6.45) is 0. The van der Waals surface area contributed by atoms with Gasteiger partial charge in [-0.3, -0.25) is 0 Å². The lowest BCUT2D eigenvalue weighted by Crippen LogP contribution is -2.22. The number of hydrogen-bond donors (Lipinski definition) is 2. The quantitative estimate of drug-likeness (QED) is 0.806. The fourth-order valence-corrected chi connectivity index (χ4v) is 1.72. The van der Waals surface area contributed by atoms with Gasteiger partial charge in [-0.15, -0.1) is 0 Å². The van der Waals surface area contributed by atoms with Gasteiger partial charge in [0.1, 0.15) is 11.4 Å². The van der Waals surface area contributed by atoms with Crippen molar-refractivity contribution in [3.8, 4) is 5.75 Å². The van der Waals surface area contributed by atoms with Gasteiger partial charge in [-0.05, 0) is 30.2 Å². The molecule has 0 aromatic heterocycles. The fraction of sp³-hybridized carbons (Fsp3) is 0.143. The summed E-state index contributed by atoms with van der Waals surface area (Å²) in [6.45, 7) is 1.74. The van der Waals surface area contributed by atoms with Crippen LogP contribution in [0.15, 0.2) is 54.6 Å². The predicted molar refractivity (Wildman–Crippen MR) is 63.2 cm³/mol. The highest BCUT2D eigenvalue weighted by Gasteiger charge is 2.24. The molecule has 2 N–H and O–H groups in total. The number of hydrogen-bond acceptors (Lipinski definition) is 2. The van der Waals surface area contributed by atoms with Crippen LogP contribution in [0.1, 0.15) is 18.1 Å². The van der Waals surface area contributed by atoms with Crippen LogP contribution in [-0.2, 0) is 5.60 Å². The second kappa shape index (κ2) is 3.99. The second-order valence-electron chi connectivity index (χ2n) is 3.99. The van der Waals surface area contributed by atoms with Crippen molar-refractivity contribution in [2.75, 3.05) is 0 Å². The van der Waals surface area contributed by atoms with E-state index in [1.807, 2.05) is 30.3 Å². The summed E-state index contributed by atoms with van der Waals surface area (Å²) in [4.78, 5) is 0. The molecule has 1 atom stereocenters. The molecule has 1 unspecified atom stereocenters. The van der Waals surface area contributed by atoms with Gasteiger partial charge < -0.3 is 10.2 Å². The summed E-state index contributed by atoms with van der Waals surface area (Å²) in [6, 6.07) is 16.1. The Hall–Kier alpha value is -1.80. The molecule has 0 saturated heterocycles. The normalized spacial score (nSPS) is 14.4. The molecule has 0 aliphatic rings. The lowest BCUT2D eigenvalue weighted by molar-refractivity contribution is 0.102. The van der Waals surface area contributed by atoms with Crippen molar-refractivity contribution in [3.05, 3.63) is 65.7 Å². The lowest BCUT2D eigenvalue weighted by Gasteiger charge is -2.24. The Morgan fingerprint density at radius 2 is 1.31 bits per heavy atom. The van der Waals surface area contributed by atoms with Gasteiger partial charge in [-0.1, -0.05) is 42.5 Å². The molecule has 2 rings (SSSR count). The SMILES string of the molecule is CC(O)(c1ccccc1)c1ccc(O)cc1. The number of benzene rings is 2. The van der Waals surface area contributed by atoms with Gasteiger partial charge in [0.05, 0.1) is 0 Å². The molecule has 0 aliphatic heterocycles. The number of phenolic OH excluding ortho intramolecular Hbond substituents is 1. The smallest absolute Gasteiger partial charge is 0.115 e. The van der Waals surface area contributed by atoms with Crippen LogP contribution in [0, 0.1) is 0 Å². The zero-order valence-corrected chi connectivity index (χ0v) is 9.09. The van der Waals surface area contributed by atoms with Crippen molar-refractivity contribution in [1.82, 2.24) is 0 Å². The molecule has 16 heavy (non-hydrogen) atoms. The maximum Gasteiger partial charge on any atom is 0.115 e. The van der Waals surface area contributed by atoms with Gasteiger partial charge in [-0.2, -0.15) is 0 Å². The van der Waals surface area contributed by atoms with Gasteiger partial charge in [0, 0.05) is 0 Å². The Kier molecular flexibility index (Phi) is 2.67. The van der Waals surface area contributed by atoms with E-state index in [9.17, 15) is 10.2 Å². The number of phenols is 1. The van der Waals surface area contributed by atoms with Crippen LogP contribution in [0.5, 0.6) is 5.75 Å². The molecule has 2 nitrogen and oxygen atoms in total. The Morgan fingerprint density at radius 3 is 1.88 bits per heavy atom. The zero-order valence-electron chi connectivity index (χ0n) is 9.09. The largest absolute Gasteiger partial charge is 0.508 e. The summed E-state index contributed by atoms with van der Waals surface area (Å²) in [7, 11) is 0. The third-order valence-electron chi connectivity index (χ3n) is 2.77. The van der Waals surface area contributed by atoms with Crippen LogP contribution in [0.25, 0.3) is 0 Å². The minimum atomic E-state index is -1.03. The van der Waals surface area contributed by atoms with Crippen molar-refractivity contribution < 1.29 is 10.2 Å². The first-order valence-corrected chi connectivity index (χ1v) is 5.18. The Bertz CT molecular complexity index is 458. The number of aromatic hydroxyl groups is 1. The molecule has 2 heteroatoms. The number of rotatable bonds is 2. The van der Waals surface area contributed by atoms with Crippen LogP contribution in [0.2, 0.25) is 0 Å². The Morgan fingerprint density at radius 1 is 0.812 bits per heavy atom. The molecule has 0 amide bonds. The maximum absolute atomic E-state index is 10.5. The first-order chi connectivity index (χ1) is 7.60. The van der Waals surface area contributed by atoms with E-state index in [0.717, 1.165) is 11.1 Å². The van der Waals surface area contributed by atoms with Crippen molar-refractivity contribution in [2.45, 2.75) is 12.5 Å². The topological polar surface area (TPSA) is 40.5 Å². The summed E-state index contributed by atoms with van der Waals surface area (Å²) in [5.74, 6) is 0.201. The highest BCUT2D eigenvalue weighted by atomic mass is 16.3. The average Bonchev–Trinajstić information content (AvgIpc) is 2.31. The van der Waals surface area contributed by atoms with Gasteiger partial charge in [-0.25, -0.2) is 0 Å². The van der Waals surface area contributed by atoms with E-state index < -0.39 is 5.60 Å². The third kappa shape index (κ3) is 1.92. The van der Waals surface area contributed by atoms with Gasteiger partial charge in [0.2, 0.25) is 0 Å². The monoisotopic (exact) mass is 214 g/mol. The molecule has 0 saturated carbocycles. The van der Waals surface area contributed by atoms with Crippen molar-refractivity contribution in [3.63, 3.8) is 0 Å². The second-order valence-corrected chi connectivity index (χ2v) is 3.99. The van der Waals surface area contributed by atoms with Crippen LogP contribution in [0.4, 0.5) is 0 Å². The van der Waals surface area contributed by atoms with Gasteiger partial charge in [0.25, 0.3) is 0 Å². The van der Waals surface area contributed by atoms with Crippen molar-refractivity contribution in [1.29, 1.82) is 0 Å². The highest BCUT2D eigenvalue weighted by molar-refractivity contribution is 5.37. The average molecular weight is 214 g/mol. The molecule has 0 aliphatic carbocycles. The summed E-state index contributed by atoms with van der Waals surface area (Å²) < 4.78 is 0. The van der Waals surface area contributed by atoms with E-state index >= 15 is 0 Å². The lowest BCUT2D eigenvalue weighted by atomic mass is 9.88. The van der Waals surface area contributed by atoms with E-state index in [1.165, 1.54) is 0 Å². The minimum Gasteiger partial charge on any atom is -0.508 e. The highest BCUT2D eigenvalue weighted by Crippen LogP contribution is 2.29. The third-order valence-corrected chi connectivity index (χ3v) is 2.77. The van der Waals surface area contributed by atoms with E-state index in [-0.39, 0.29) is 5.75 Å². The van der Waals surface area contributed by atoms with Gasteiger partial charge in [0.15, 0.2) is 0 Å². The predicted octanol–water partition coefficient (Wildman–Crippen LogP) is 2.65. The molecule has 2 aromatic carbocycles. The first kappa shape index (κ1) is 10.7. The van der Waals surface area contributed by atoms with Crippen LogP contribution in [0.3, 0.4) is 0 Å². The molecule has 0 bridgehead atoms.